The van der Waals surface area contributed by atoms with Crippen molar-refractivity contribution in [2.24, 2.45) is 42.1 Å². The van der Waals surface area contributed by atoms with Gasteiger partial charge in [-0.1, -0.05) is 106 Å². The number of azo groups is 2. The summed E-state index contributed by atoms with van der Waals surface area (Å²) in [7, 11) is 0. The number of hydrogen-bond acceptors (Lipinski definition) is 6. The monoisotopic (exact) mass is 846 g/mol. The minimum absolute atomic E-state index is 0.147. The van der Waals surface area contributed by atoms with E-state index in [1.165, 1.54) is 12.4 Å². The molecule has 0 atom stereocenters. The molecule has 14 heteroatoms. The third-order valence-corrected chi connectivity index (χ3v) is 9.83. The highest BCUT2D eigenvalue weighted by Crippen LogP contribution is 2.48. The largest absolute Gasteiger partial charge is 0.418 e. The number of alkyl halides is 6. The summed E-state index contributed by atoms with van der Waals surface area (Å²) in [5.74, 6) is -0.293. The zero-order valence-electron chi connectivity index (χ0n) is 34.4. The Kier molecular flexibility index (Phi) is 12.7. The summed E-state index contributed by atoms with van der Waals surface area (Å²) in [6.07, 6.45) is -1.28. The number of carbonyl (C=O) groups excluding carboxylic acids is 2. The van der Waals surface area contributed by atoms with E-state index in [1.807, 2.05) is 83.1 Å². The molecular weight excluding hydrogens is 801 g/mol. The van der Waals surface area contributed by atoms with Crippen molar-refractivity contribution in [2.75, 3.05) is 0 Å². The van der Waals surface area contributed by atoms with Crippen LogP contribution in [0.3, 0.4) is 0 Å². The van der Waals surface area contributed by atoms with Crippen molar-refractivity contribution < 1.29 is 35.9 Å². The van der Waals surface area contributed by atoms with Gasteiger partial charge in [-0.15, -0.1) is 10.2 Å². The van der Waals surface area contributed by atoms with Gasteiger partial charge in [0.05, 0.1) is 33.6 Å². The van der Waals surface area contributed by atoms with Gasteiger partial charge in [0.2, 0.25) is 0 Å². The standard InChI is InChI=1S/C44H46Cl2F6N4O2/c1-39(2,3)29-13-23(14-30(37(29)57)40(4,5)6)21-53-55-35-27(43(47,48)49)17-25(19-33(35)45)26-18-28(44(50,51)52)36(34(46)20-26)56-54-22-24-15-31(41(7,8)9)38(58)32(16-24)42(10,11)12/h13-22H,1-12H3. The average molecular weight is 848 g/mol. The van der Waals surface area contributed by atoms with E-state index in [2.05, 4.69) is 20.5 Å². The average Bonchev–Trinajstić information content (AvgIpc) is 3.03. The van der Waals surface area contributed by atoms with Crippen LogP contribution in [0.4, 0.5) is 37.7 Å². The highest BCUT2D eigenvalue weighted by molar-refractivity contribution is 6.34. The summed E-state index contributed by atoms with van der Waals surface area (Å²) in [5, 5.41) is 14.3. The van der Waals surface area contributed by atoms with E-state index >= 15 is 0 Å². The maximum absolute atomic E-state index is 14.5. The van der Waals surface area contributed by atoms with Gasteiger partial charge in [0.15, 0.2) is 11.6 Å². The molecule has 0 fully saturated rings. The second kappa shape index (κ2) is 16.0. The maximum atomic E-state index is 14.5. The van der Waals surface area contributed by atoms with Crippen LogP contribution in [-0.4, -0.2) is 11.6 Å². The molecule has 0 spiro atoms. The van der Waals surface area contributed by atoms with E-state index in [1.54, 1.807) is 24.3 Å². The van der Waals surface area contributed by atoms with Gasteiger partial charge in [-0.2, -0.15) is 36.6 Å². The maximum Gasteiger partial charge on any atom is 0.418 e. The molecule has 2 aliphatic rings. The molecule has 0 saturated carbocycles. The molecule has 0 aliphatic heterocycles. The molecule has 2 aromatic carbocycles. The first-order chi connectivity index (χ1) is 26.2. The number of ketones is 2. The second-order valence-corrected chi connectivity index (χ2v) is 19.1. The van der Waals surface area contributed by atoms with Crippen LogP contribution in [0.1, 0.15) is 94.2 Å². The molecule has 0 bridgehead atoms. The Morgan fingerprint density at radius 1 is 0.466 bits per heavy atom. The van der Waals surface area contributed by atoms with Crippen molar-refractivity contribution in [1.29, 1.82) is 0 Å². The Morgan fingerprint density at radius 3 is 0.948 bits per heavy atom. The van der Waals surface area contributed by atoms with Crippen LogP contribution in [0.2, 0.25) is 10.0 Å². The van der Waals surface area contributed by atoms with Crippen molar-refractivity contribution in [3.63, 3.8) is 0 Å². The van der Waals surface area contributed by atoms with Crippen LogP contribution < -0.4 is 0 Å². The van der Waals surface area contributed by atoms with E-state index in [0.29, 0.717) is 45.6 Å². The highest BCUT2D eigenvalue weighted by Gasteiger charge is 2.39. The van der Waals surface area contributed by atoms with Gasteiger partial charge in [-0.25, -0.2) is 0 Å². The SMILES string of the molecule is CC(C)(C)C1=CC(=CN=Nc2c(Cl)cc(-c3cc(Cl)c(N=NC=C4C=C(C(C)(C)C)C(=O)C(C(C)(C)C)=C4)c(C(F)(F)F)c3)cc2C(F)(F)F)C=C(C(C)(C)C)C1=O. The van der Waals surface area contributed by atoms with Crippen LogP contribution in [0.15, 0.2) is 115 Å². The fourth-order valence-electron chi connectivity index (χ4n) is 6.15. The molecule has 6 nitrogen and oxygen atoms in total. The van der Waals surface area contributed by atoms with Crippen molar-refractivity contribution >= 4 is 46.1 Å². The fraction of sp³-hybridized carbons (Fsp3) is 0.409. The Balaban J connectivity index is 1.81. The lowest BCUT2D eigenvalue weighted by Crippen LogP contribution is -2.27. The Hall–Kier alpha value is -4.42. The molecule has 2 aliphatic carbocycles. The summed E-state index contributed by atoms with van der Waals surface area (Å²) in [5.41, 5.74) is -4.30. The van der Waals surface area contributed by atoms with Gasteiger partial charge >= 0.3 is 12.4 Å². The summed E-state index contributed by atoms with van der Waals surface area (Å²) in [6, 6.07) is 3.30. The van der Waals surface area contributed by atoms with Crippen molar-refractivity contribution in [3.8, 4) is 11.1 Å². The molecule has 0 unspecified atom stereocenters. The molecule has 0 N–H and O–H groups in total. The minimum Gasteiger partial charge on any atom is -0.289 e. The first-order valence-electron chi connectivity index (χ1n) is 18.2. The first-order valence-corrected chi connectivity index (χ1v) is 19.0. The molecule has 0 radical (unpaired) electrons. The van der Waals surface area contributed by atoms with Crippen LogP contribution in [-0.2, 0) is 21.9 Å². The lowest BCUT2D eigenvalue weighted by atomic mass is 9.72. The summed E-state index contributed by atoms with van der Waals surface area (Å²) >= 11 is 12.7. The normalized spacial score (nSPS) is 16.6. The first kappa shape index (κ1) is 46.3. The molecule has 58 heavy (non-hydrogen) atoms. The van der Waals surface area contributed by atoms with Crippen LogP contribution in [0.5, 0.6) is 0 Å². The highest BCUT2D eigenvalue weighted by atomic mass is 35.5. The number of hydrogen-bond donors (Lipinski definition) is 0. The number of benzene rings is 2. The van der Waals surface area contributed by atoms with E-state index in [4.69, 9.17) is 23.2 Å². The molecule has 0 aromatic heterocycles. The van der Waals surface area contributed by atoms with Gasteiger partial charge in [-0.3, -0.25) is 9.59 Å². The Bertz CT molecular complexity index is 2060. The third-order valence-electron chi connectivity index (χ3n) is 9.25. The zero-order valence-corrected chi connectivity index (χ0v) is 35.9. The fourth-order valence-corrected chi connectivity index (χ4v) is 6.67. The van der Waals surface area contributed by atoms with Crippen LogP contribution in [0, 0.1) is 21.7 Å². The van der Waals surface area contributed by atoms with E-state index in [9.17, 15) is 35.9 Å². The lowest BCUT2D eigenvalue weighted by molar-refractivity contribution is -0.138. The quantitative estimate of drug-likeness (QED) is 0.222. The van der Waals surface area contributed by atoms with E-state index < -0.39 is 66.6 Å². The molecule has 0 heterocycles. The van der Waals surface area contributed by atoms with Gasteiger partial charge in [0, 0.05) is 22.3 Å². The number of rotatable bonds is 5. The Labute approximate surface area is 345 Å². The van der Waals surface area contributed by atoms with Gasteiger partial charge in [0.25, 0.3) is 0 Å². The minimum atomic E-state index is -5.05. The van der Waals surface area contributed by atoms with Crippen molar-refractivity contribution in [2.45, 2.75) is 95.4 Å². The molecule has 2 aromatic rings. The smallest absolute Gasteiger partial charge is 0.289 e. The number of halogens is 8. The second-order valence-electron chi connectivity index (χ2n) is 18.3. The summed E-state index contributed by atoms with van der Waals surface area (Å²) in [6.45, 7) is 22.4. The number of Topliss-reactive ketones (excluding diaryl/α,β-unsaturated/α-hetero) is 2. The van der Waals surface area contributed by atoms with Crippen LogP contribution in [0.25, 0.3) is 11.1 Å². The number of nitrogens with zero attached hydrogens (tertiary/aromatic N) is 4. The van der Waals surface area contributed by atoms with Gasteiger partial charge < -0.3 is 0 Å². The van der Waals surface area contributed by atoms with Gasteiger partial charge in [0.1, 0.15) is 11.4 Å². The van der Waals surface area contributed by atoms with E-state index in [-0.39, 0.29) is 22.7 Å². The third kappa shape index (κ3) is 10.6. The van der Waals surface area contributed by atoms with E-state index in [0.717, 1.165) is 12.1 Å². The molecule has 310 valence electrons. The molecule has 0 saturated heterocycles. The zero-order chi connectivity index (χ0) is 44.1. The molecule has 4 rings (SSSR count). The molecule has 0 amide bonds. The van der Waals surface area contributed by atoms with Crippen LogP contribution >= 0.6 is 23.2 Å². The summed E-state index contributed by atoms with van der Waals surface area (Å²) < 4.78 is 87.1. The lowest BCUT2D eigenvalue weighted by Gasteiger charge is -2.31. The Morgan fingerprint density at radius 2 is 0.724 bits per heavy atom. The number of allylic oxidation sites excluding steroid dienone is 10. The van der Waals surface area contributed by atoms with Gasteiger partial charge in [-0.05, 0) is 92.5 Å². The predicted octanol–water partition coefficient (Wildman–Crippen LogP) is 15.7. The predicted molar refractivity (Wildman–Crippen MR) is 217 cm³/mol. The number of carbonyl (C=O) groups is 2. The molecular formula is C44H46Cl2F6N4O2. The topological polar surface area (TPSA) is 83.6 Å². The summed E-state index contributed by atoms with van der Waals surface area (Å²) in [4.78, 5) is 26.5. The van der Waals surface area contributed by atoms with Crippen molar-refractivity contribution in [1.82, 2.24) is 0 Å². The van der Waals surface area contributed by atoms with Crippen molar-refractivity contribution in [3.05, 3.63) is 116 Å².